The molecule has 4 atom stereocenters. The van der Waals surface area contributed by atoms with E-state index in [1.54, 1.807) is 0 Å². The van der Waals surface area contributed by atoms with Gasteiger partial charge < -0.3 is 0 Å². The molecule has 1 aliphatic carbocycles. The number of alkyl halides is 1. The van der Waals surface area contributed by atoms with Crippen molar-refractivity contribution >= 4 is 0 Å². The third-order valence-corrected chi connectivity index (χ3v) is 4.81. The predicted octanol–water partition coefficient (Wildman–Crippen LogP) is 2.46. The van der Waals surface area contributed by atoms with Crippen LogP contribution in [-0.4, -0.2) is 29.7 Å². The van der Waals surface area contributed by atoms with E-state index in [1.165, 1.54) is 13.0 Å². The Morgan fingerprint density at radius 3 is 2.57 bits per heavy atom. The minimum absolute atomic E-state index is 0.205. The van der Waals surface area contributed by atoms with Gasteiger partial charge in [-0.25, -0.2) is 4.39 Å². The summed E-state index contributed by atoms with van der Waals surface area (Å²) in [6.45, 7) is 8.74. The van der Waals surface area contributed by atoms with E-state index < -0.39 is 6.17 Å². The largest absolute Gasteiger partial charge is 0.294 e. The fourth-order valence-corrected chi connectivity index (χ4v) is 4.21. The van der Waals surface area contributed by atoms with Crippen LogP contribution in [-0.2, 0) is 0 Å². The van der Waals surface area contributed by atoms with Crippen LogP contribution in [0.5, 0.6) is 0 Å². The maximum atomic E-state index is 13.6. The van der Waals surface area contributed by atoms with Crippen LogP contribution in [0.3, 0.4) is 0 Å². The average Bonchev–Trinajstić information content (AvgIpc) is 2.57. The van der Waals surface area contributed by atoms with Crippen molar-refractivity contribution in [2.45, 2.75) is 45.3 Å². The highest BCUT2D eigenvalue weighted by Crippen LogP contribution is 2.65. The van der Waals surface area contributed by atoms with E-state index in [9.17, 15) is 4.39 Å². The molecular formula is C12H20FN. The zero-order valence-corrected chi connectivity index (χ0v) is 9.39. The van der Waals surface area contributed by atoms with E-state index in [4.69, 9.17) is 0 Å². The molecule has 0 N–H and O–H groups in total. The second-order valence-corrected chi connectivity index (χ2v) is 6.48. The van der Waals surface area contributed by atoms with Gasteiger partial charge in [0, 0.05) is 18.6 Å². The van der Waals surface area contributed by atoms with Gasteiger partial charge in [0.1, 0.15) is 6.17 Å². The first-order valence-electron chi connectivity index (χ1n) is 5.84. The molecule has 0 aromatic heterocycles. The van der Waals surface area contributed by atoms with Gasteiger partial charge in [0.15, 0.2) is 0 Å². The van der Waals surface area contributed by atoms with Crippen molar-refractivity contribution in [2.75, 3.05) is 13.1 Å². The number of rotatable bonds is 0. The van der Waals surface area contributed by atoms with Gasteiger partial charge in [-0.3, -0.25) is 4.90 Å². The van der Waals surface area contributed by atoms with E-state index >= 15 is 0 Å². The van der Waals surface area contributed by atoms with Crippen LogP contribution in [0.25, 0.3) is 0 Å². The maximum Gasteiger partial charge on any atom is 0.115 e. The van der Waals surface area contributed by atoms with E-state index in [-0.39, 0.29) is 11.0 Å². The van der Waals surface area contributed by atoms with Crippen LogP contribution in [0.2, 0.25) is 0 Å². The third-order valence-electron chi connectivity index (χ3n) is 4.81. The number of nitrogens with zero attached hydrogens (tertiary/aromatic N) is 1. The normalized spacial score (nSPS) is 51.9. The Morgan fingerprint density at radius 1 is 1.29 bits per heavy atom. The Labute approximate surface area is 85.7 Å². The summed E-state index contributed by atoms with van der Waals surface area (Å²) < 4.78 is 13.6. The van der Waals surface area contributed by atoms with Crippen LogP contribution in [0.1, 0.15) is 33.6 Å². The lowest BCUT2D eigenvalue weighted by Gasteiger charge is -2.46. The molecule has 1 nitrogen and oxygen atoms in total. The summed E-state index contributed by atoms with van der Waals surface area (Å²) in [4.78, 5) is 2.45. The van der Waals surface area contributed by atoms with E-state index in [1.807, 2.05) is 0 Å². The summed E-state index contributed by atoms with van der Waals surface area (Å²) in [5.41, 5.74) is 0.445. The van der Waals surface area contributed by atoms with Gasteiger partial charge in [-0.15, -0.1) is 0 Å². The fourth-order valence-electron chi connectivity index (χ4n) is 4.21. The first-order chi connectivity index (χ1) is 6.45. The average molecular weight is 197 g/mol. The lowest BCUT2D eigenvalue weighted by atomic mass is 9.69. The fraction of sp³-hybridized carbons (Fsp3) is 1.00. The molecule has 2 saturated heterocycles. The van der Waals surface area contributed by atoms with Crippen LogP contribution < -0.4 is 0 Å². The molecule has 14 heavy (non-hydrogen) atoms. The van der Waals surface area contributed by atoms with Crippen molar-refractivity contribution < 1.29 is 4.39 Å². The monoisotopic (exact) mass is 197 g/mol. The molecule has 1 saturated carbocycles. The summed E-state index contributed by atoms with van der Waals surface area (Å²) >= 11 is 0. The molecule has 0 bridgehead atoms. The lowest BCUT2D eigenvalue weighted by molar-refractivity contribution is 0.0369. The molecule has 0 aromatic rings. The van der Waals surface area contributed by atoms with Crippen molar-refractivity contribution in [3.05, 3.63) is 0 Å². The van der Waals surface area contributed by atoms with Crippen LogP contribution in [0, 0.1) is 17.3 Å². The lowest BCUT2D eigenvalue weighted by Crippen LogP contribution is -2.52. The smallest absolute Gasteiger partial charge is 0.115 e. The Morgan fingerprint density at radius 2 is 2.00 bits per heavy atom. The quantitative estimate of drug-likeness (QED) is 0.576. The van der Waals surface area contributed by atoms with Gasteiger partial charge in [-0.1, -0.05) is 20.8 Å². The van der Waals surface area contributed by atoms with Crippen LogP contribution in [0.4, 0.5) is 4.39 Å². The predicted molar refractivity (Wildman–Crippen MR) is 54.9 cm³/mol. The summed E-state index contributed by atoms with van der Waals surface area (Å²) in [6, 6.07) is 0. The minimum Gasteiger partial charge on any atom is -0.294 e. The Hall–Kier alpha value is -0.110. The summed E-state index contributed by atoms with van der Waals surface area (Å²) in [5.74, 6) is 1.71. The Bertz CT molecular complexity index is 268. The second-order valence-electron chi connectivity index (χ2n) is 6.48. The van der Waals surface area contributed by atoms with Gasteiger partial charge in [0.25, 0.3) is 0 Å². The number of piperidine rings is 1. The number of hydrogen-bond acceptors (Lipinski definition) is 1. The molecule has 2 aliphatic heterocycles. The van der Waals surface area contributed by atoms with Gasteiger partial charge in [-0.2, -0.15) is 0 Å². The first kappa shape index (κ1) is 9.14. The molecule has 0 amide bonds. The molecule has 0 radical (unpaired) electrons. The van der Waals surface area contributed by atoms with Gasteiger partial charge in [-0.05, 0) is 30.1 Å². The summed E-state index contributed by atoms with van der Waals surface area (Å²) in [7, 11) is 0. The molecule has 2 heteroatoms. The van der Waals surface area contributed by atoms with Gasteiger partial charge >= 0.3 is 0 Å². The van der Waals surface area contributed by atoms with Crippen LogP contribution in [0.15, 0.2) is 0 Å². The highest BCUT2D eigenvalue weighted by molar-refractivity contribution is 5.21. The molecular weight excluding hydrogens is 177 g/mol. The third kappa shape index (κ3) is 0.886. The SMILES string of the molecule is CC(C)(C)C12CC(F)CN1CC1CC12. The highest BCUT2D eigenvalue weighted by atomic mass is 19.1. The molecule has 3 aliphatic rings. The zero-order chi connectivity index (χ0) is 10.1. The van der Waals surface area contributed by atoms with Crippen molar-refractivity contribution in [3.63, 3.8) is 0 Å². The molecule has 0 aromatic carbocycles. The zero-order valence-electron chi connectivity index (χ0n) is 9.39. The highest BCUT2D eigenvalue weighted by Gasteiger charge is 2.69. The summed E-state index contributed by atoms with van der Waals surface area (Å²) in [5, 5.41) is 0. The first-order valence-corrected chi connectivity index (χ1v) is 5.84. The topological polar surface area (TPSA) is 3.24 Å². The Kier molecular flexibility index (Phi) is 1.53. The molecule has 0 spiro atoms. The minimum atomic E-state index is -0.573. The number of hydrogen-bond donors (Lipinski definition) is 0. The molecule has 4 unspecified atom stereocenters. The maximum absolute atomic E-state index is 13.6. The summed E-state index contributed by atoms with van der Waals surface area (Å²) in [6.07, 6.45) is 1.58. The van der Waals surface area contributed by atoms with Gasteiger partial charge in [0.2, 0.25) is 0 Å². The van der Waals surface area contributed by atoms with Crippen molar-refractivity contribution in [2.24, 2.45) is 17.3 Å². The number of fused-ring (bicyclic) bond motifs is 3. The standard InChI is InChI=1S/C12H20FN/c1-11(2,3)12-5-9(13)7-14(12)6-8-4-10(8)12/h8-10H,4-7H2,1-3H3. The van der Waals surface area contributed by atoms with Gasteiger partial charge in [0.05, 0.1) is 0 Å². The van der Waals surface area contributed by atoms with Crippen molar-refractivity contribution in [1.82, 2.24) is 4.90 Å². The molecule has 2 heterocycles. The van der Waals surface area contributed by atoms with E-state index in [0.717, 1.165) is 18.3 Å². The van der Waals surface area contributed by atoms with Crippen molar-refractivity contribution in [3.8, 4) is 0 Å². The van der Waals surface area contributed by atoms with Crippen molar-refractivity contribution in [1.29, 1.82) is 0 Å². The number of halogens is 1. The molecule has 80 valence electrons. The van der Waals surface area contributed by atoms with Crippen LogP contribution >= 0.6 is 0 Å². The Balaban J connectivity index is 2.00. The molecule has 3 fully saturated rings. The second kappa shape index (κ2) is 2.34. The van der Waals surface area contributed by atoms with E-state index in [0.29, 0.717) is 6.54 Å². The molecule has 3 rings (SSSR count). The van der Waals surface area contributed by atoms with E-state index in [2.05, 4.69) is 25.7 Å².